The van der Waals surface area contributed by atoms with Crippen molar-refractivity contribution in [2.45, 2.75) is 83.2 Å². The largest absolute Gasteiger partial charge is 0.491 e. The fraction of sp³-hybridized carbons (Fsp3) is 0.654. The molecule has 1 aromatic rings. The number of aliphatic hydroxyl groups is 1. The highest BCUT2D eigenvalue weighted by molar-refractivity contribution is 6.06. The van der Waals surface area contributed by atoms with Crippen LogP contribution in [0.3, 0.4) is 0 Å². The number of aliphatic imine (C=N–C) groups is 1. The van der Waals surface area contributed by atoms with E-state index in [1.54, 1.807) is 0 Å². The molecule has 2 heterocycles. The van der Waals surface area contributed by atoms with Crippen LogP contribution in [0.2, 0.25) is 0 Å². The number of unbranched alkanes of at least 4 members (excludes halogenated alkanes) is 3. The van der Waals surface area contributed by atoms with Crippen molar-refractivity contribution in [1.82, 2.24) is 15.1 Å². The Bertz CT molecular complexity index is 882. The van der Waals surface area contributed by atoms with Gasteiger partial charge in [0, 0.05) is 37.7 Å². The van der Waals surface area contributed by atoms with Crippen LogP contribution in [0.1, 0.15) is 76.2 Å². The summed E-state index contributed by atoms with van der Waals surface area (Å²) in [5.41, 5.74) is 1.81. The number of fused-ring (bicyclic) bond motifs is 2. The minimum absolute atomic E-state index is 0.0385. The van der Waals surface area contributed by atoms with Crippen molar-refractivity contribution in [1.29, 1.82) is 0 Å². The van der Waals surface area contributed by atoms with E-state index in [4.69, 9.17) is 9.84 Å². The number of para-hydroxylation sites is 1. The van der Waals surface area contributed by atoms with Crippen LogP contribution < -0.4 is 10.1 Å². The SMILES string of the molecule is O=C1CN2Cc3cccc(OCCCC(=O)N(CCCCCCO)C4CCCCC4)c3N=C2N1. The van der Waals surface area contributed by atoms with Gasteiger partial charge in [-0.3, -0.25) is 14.9 Å². The van der Waals surface area contributed by atoms with E-state index >= 15 is 0 Å². The summed E-state index contributed by atoms with van der Waals surface area (Å²) in [6, 6.07) is 6.24. The van der Waals surface area contributed by atoms with Crippen molar-refractivity contribution in [2.24, 2.45) is 4.99 Å². The molecule has 186 valence electrons. The summed E-state index contributed by atoms with van der Waals surface area (Å²) in [5.74, 6) is 1.48. The number of nitrogens with zero attached hydrogens (tertiary/aromatic N) is 3. The average molecular weight is 471 g/mol. The Morgan fingerprint density at radius 2 is 1.94 bits per heavy atom. The number of hydrogen-bond donors (Lipinski definition) is 2. The zero-order valence-corrected chi connectivity index (χ0v) is 20.1. The van der Waals surface area contributed by atoms with E-state index in [1.165, 1.54) is 19.3 Å². The highest BCUT2D eigenvalue weighted by Gasteiger charge is 2.30. The fourth-order valence-electron chi connectivity index (χ4n) is 5.17. The molecule has 0 bridgehead atoms. The summed E-state index contributed by atoms with van der Waals surface area (Å²) < 4.78 is 6.05. The molecule has 0 spiro atoms. The van der Waals surface area contributed by atoms with Crippen LogP contribution in [0.15, 0.2) is 23.2 Å². The Morgan fingerprint density at radius 3 is 2.76 bits per heavy atom. The molecule has 4 rings (SSSR count). The van der Waals surface area contributed by atoms with E-state index in [1.807, 2.05) is 23.1 Å². The van der Waals surface area contributed by atoms with Gasteiger partial charge in [-0.05, 0) is 38.2 Å². The zero-order valence-electron chi connectivity index (χ0n) is 20.1. The average Bonchev–Trinajstić information content (AvgIpc) is 3.22. The van der Waals surface area contributed by atoms with Gasteiger partial charge in [0.1, 0.15) is 18.0 Å². The minimum atomic E-state index is -0.0385. The molecular weight excluding hydrogens is 432 g/mol. The zero-order chi connectivity index (χ0) is 23.8. The maximum absolute atomic E-state index is 13.1. The number of nitrogens with one attached hydrogen (secondary N) is 1. The Labute approximate surface area is 202 Å². The molecule has 1 aliphatic carbocycles. The minimum Gasteiger partial charge on any atom is -0.491 e. The molecule has 2 amide bonds. The molecule has 3 aliphatic rings. The first kappa shape index (κ1) is 24.5. The maximum Gasteiger partial charge on any atom is 0.246 e. The number of rotatable bonds is 12. The molecule has 1 saturated carbocycles. The normalized spacial score (nSPS) is 17.6. The molecule has 2 N–H and O–H groups in total. The van der Waals surface area contributed by atoms with Crippen LogP contribution in [-0.2, 0) is 16.1 Å². The summed E-state index contributed by atoms with van der Waals surface area (Å²) in [6.07, 6.45) is 11.0. The van der Waals surface area contributed by atoms with Gasteiger partial charge in [0.15, 0.2) is 0 Å². The van der Waals surface area contributed by atoms with E-state index in [0.717, 1.165) is 56.3 Å². The highest BCUT2D eigenvalue weighted by Crippen LogP contribution is 2.36. The summed E-state index contributed by atoms with van der Waals surface area (Å²) in [4.78, 5) is 33.5. The van der Waals surface area contributed by atoms with Gasteiger partial charge in [0.25, 0.3) is 0 Å². The predicted molar refractivity (Wildman–Crippen MR) is 131 cm³/mol. The lowest BCUT2D eigenvalue weighted by Crippen LogP contribution is -2.42. The summed E-state index contributed by atoms with van der Waals surface area (Å²) >= 11 is 0. The molecular formula is C26H38N4O4. The second-order valence-corrected chi connectivity index (χ2v) is 9.57. The summed E-state index contributed by atoms with van der Waals surface area (Å²) in [7, 11) is 0. The number of benzene rings is 1. The van der Waals surface area contributed by atoms with E-state index < -0.39 is 0 Å². The van der Waals surface area contributed by atoms with E-state index in [9.17, 15) is 9.59 Å². The van der Waals surface area contributed by atoms with Crippen LogP contribution in [-0.4, -0.2) is 65.0 Å². The first-order valence-electron chi connectivity index (χ1n) is 12.9. The van der Waals surface area contributed by atoms with Crippen molar-refractivity contribution in [3.63, 3.8) is 0 Å². The van der Waals surface area contributed by atoms with Crippen molar-refractivity contribution in [2.75, 3.05) is 26.3 Å². The molecule has 1 aromatic carbocycles. The molecule has 34 heavy (non-hydrogen) atoms. The first-order chi connectivity index (χ1) is 16.7. The predicted octanol–water partition coefficient (Wildman–Crippen LogP) is 3.49. The Hall–Kier alpha value is -2.61. The molecule has 0 unspecified atom stereocenters. The molecule has 0 aromatic heterocycles. The van der Waals surface area contributed by atoms with Gasteiger partial charge < -0.3 is 19.6 Å². The molecule has 8 heteroatoms. The standard InChI is InChI=1S/C26H38N4O4/c31-16-7-2-1-6-15-30(21-11-4-3-5-12-21)24(33)14-9-17-34-22-13-8-10-20-18-29-19-23(32)27-26(29)28-25(20)22/h8,10,13,21,31H,1-7,9,11-12,14-19H2,(H,27,28,32). The lowest BCUT2D eigenvalue weighted by molar-refractivity contribution is -0.134. The van der Waals surface area contributed by atoms with Crippen molar-refractivity contribution < 1.29 is 19.4 Å². The van der Waals surface area contributed by atoms with Crippen LogP contribution in [0, 0.1) is 0 Å². The van der Waals surface area contributed by atoms with Gasteiger partial charge in [-0.25, -0.2) is 4.99 Å². The number of hydrogen-bond acceptors (Lipinski definition) is 6. The fourth-order valence-corrected chi connectivity index (χ4v) is 5.17. The van der Waals surface area contributed by atoms with Crippen LogP contribution in [0.5, 0.6) is 5.75 Å². The lowest BCUT2D eigenvalue weighted by atomic mass is 9.93. The highest BCUT2D eigenvalue weighted by atomic mass is 16.5. The Morgan fingerprint density at radius 1 is 1.12 bits per heavy atom. The smallest absolute Gasteiger partial charge is 0.246 e. The molecule has 8 nitrogen and oxygen atoms in total. The molecule has 0 radical (unpaired) electrons. The van der Waals surface area contributed by atoms with Crippen molar-refractivity contribution >= 4 is 23.5 Å². The molecule has 2 aliphatic heterocycles. The Balaban J connectivity index is 1.28. The second kappa shape index (κ2) is 12.2. The van der Waals surface area contributed by atoms with Gasteiger partial charge in [-0.15, -0.1) is 0 Å². The Kier molecular flexibility index (Phi) is 8.79. The monoisotopic (exact) mass is 470 g/mol. The number of carbonyl (C=O) groups excluding carboxylic acids is 2. The summed E-state index contributed by atoms with van der Waals surface area (Å²) in [5, 5.41) is 11.8. The van der Waals surface area contributed by atoms with Gasteiger partial charge in [-0.2, -0.15) is 0 Å². The van der Waals surface area contributed by atoms with Crippen LogP contribution >= 0.6 is 0 Å². The number of aliphatic hydroxyl groups excluding tert-OH is 1. The molecule has 2 fully saturated rings. The topological polar surface area (TPSA) is 94.5 Å². The van der Waals surface area contributed by atoms with Crippen molar-refractivity contribution in [3.8, 4) is 5.75 Å². The number of guanidine groups is 1. The van der Waals surface area contributed by atoms with Gasteiger partial charge in [0.2, 0.25) is 17.8 Å². The van der Waals surface area contributed by atoms with Gasteiger partial charge >= 0.3 is 0 Å². The van der Waals surface area contributed by atoms with Gasteiger partial charge in [0.05, 0.1) is 6.61 Å². The quantitative estimate of drug-likeness (QED) is 0.456. The van der Waals surface area contributed by atoms with Crippen molar-refractivity contribution in [3.05, 3.63) is 23.8 Å². The number of carbonyl (C=O) groups is 2. The number of ether oxygens (including phenoxy) is 1. The lowest BCUT2D eigenvalue weighted by Gasteiger charge is -2.34. The van der Waals surface area contributed by atoms with Crippen LogP contribution in [0.4, 0.5) is 5.69 Å². The van der Waals surface area contributed by atoms with E-state index in [-0.39, 0.29) is 18.4 Å². The van der Waals surface area contributed by atoms with E-state index in [0.29, 0.717) is 50.3 Å². The van der Waals surface area contributed by atoms with E-state index in [2.05, 4.69) is 15.2 Å². The third-order valence-electron chi connectivity index (χ3n) is 6.98. The first-order valence-corrected chi connectivity index (χ1v) is 12.9. The molecule has 1 saturated heterocycles. The third-order valence-corrected chi connectivity index (χ3v) is 6.98. The number of amides is 2. The molecule has 0 atom stereocenters. The summed E-state index contributed by atoms with van der Waals surface area (Å²) in [6.45, 7) is 2.50. The second-order valence-electron chi connectivity index (χ2n) is 9.57. The van der Waals surface area contributed by atoms with Gasteiger partial charge in [-0.1, -0.05) is 44.2 Å². The third kappa shape index (κ3) is 6.29. The maximum atomic E-state index is 13.1. The van der Waals surface area contributed by atoms with Crippen LogP contribution in [0.25, 0.3) is 0 Å².